The molecule has 1 amide bonds. The van der Waals surface area contributed by atoms with Crippen LogP contribution in [0, 0.1) is 13.8 Å². The smallest absolute Gasteiger partial charge is 0.259 e. The highest BCUT2D eigenvalue weighted by Crippen LogP contribution is 2.33. The molecule has 0 aliphatic carbocycles. The van der Waals surface area contributed by atoms with Gasteiger partial charge in [0, 0.05) is 11.5 Å². The summed E-state index contributed by atoms with van der Waals surface area (Å²) < 4.78 is 7.02. The number of ether oxygens (including phenoxy) is 1. The zero-order valence-electron chi connectivity index (χ0n) is 16.8. The van der Waals surface area contributed by atoms with Crippen molar-refractivity contribution in [3.05, 3.63) is 74.4 Å². The summed E-state index contributed by atoms with van der Waals surface area (Å²) in [4.78, 5) is 17.7. The lowest BCUT2D eigenvalue weighted by molar-refractivity contribution is 0.102. The number of aromatic nitrogens is 3. The van der Waals surface area contributed by atoms with E-state index >= 15 is 0 Å². The maximum atomic E-state index is 13.0. The van der Waals surface area contributed by atoms with Gasteiger partial charge < -0.3 is 10.1 Å². The molecule has 0 aliphatic rings. The van der Waals surface area contributed by atoms with Crippen LogP contribution in [-0.2, 0) is 0 Å². The second-order valence-electron chi connectivity index (χ2n) is 6.91. The van der Waals surface area contributed by atoms with E-state index in [9.17, 15) is 4.79 Å². The Morgan fingerprint density at radius 3 is 2.55 bits per heavy atom. The average Bonchev–Trinajstić information content (AvgIpc) is 3.10. The number of para-hydroxylation sites is 1. The predicted octanol–water partition coefficient (Wildman–Crippen LogP) is 6.26. The minimum Gasteiger partial charge on any atom is -0.494 e. The highest BCUT2D eigenvalue weighted by atomic mass is 35.5. The van der Waals surface area contributed by atoms with E-state index < -0.39 is 5.91 Å². The summed E-state index contributed by atoms with van der Waals surface area (Å²) in [5.41, 5.74) is 2.47. The summed E-state index contributed by atoms with van der Waals surface area (Å²) in [6, 6.07) is 12.4. The van der Waals surface area contributed by atoms with Crippen LogP contribution in [0.5, 0.6) is 5.75 Å². The quantitative estimate of drug-likeness (QED) is 0.354. The highest BCUT2D eigenvalue weighted by molar-refractivity contribution is 6.46. The number of fused-ring (bicyclic) bond motifs is 1. The van der Waals surface area contributed by atoms with Gasteiger partial charge in [-0.3, -0.25) is 4.79 Å². The first-order chi connectivity index (χ1) is 14.8. The van der Waals surface area contributed by atoms with Crippen molar-refractivity contribution in [1.82, 2.24) is 14.8 Å². The Hall–Kier alpha value is -2.80. The molecule has 1 N–H and O–H groups in total. The Balaban J connectivity index is 1.80. The van der Waals surface area contributed by atoms with E-state index in [0.717, 1.165) is 10.9 Å². The lowest BCUT2D eigenvalue weighted by Gasteiger charge is -2.13. The van der Waals surface area contributed by atoms with Crippen molar-refractivity contribution < 1.29 is 9.53 Å². The van der Waals surface area contributed by atoms with Gasteiger partial charge in [0.15, 0.2) is 5.82 Å². The zero-order valence-corrected chi connectivity index (χ0v) is 19.1. The third-order valence-electron chi connectivity index (χ3n) is 4.78. The minimum absolute atomic E-state index is 0.0823. The fourth-order valence-electron chi connectivity index (χ4n) is 3.32. The van der Waals surface area contributed by atoms with Crippen LogP contribution >= 0.6 is 34.8 Å². The molecule has 0 atom stereocenters. The number of amides is 1. The normalized spacial score (nSPS) is 11.0. The van der Waals surface area contributed by atoms with Crippen molar-refractivity contribution in [2.24, 2.45) is 0 Å². The summed E-state index contributed by atoms with van der Waals surface area (Å²) in [5.74, 6) is 1.08. The molecule has 4 rings (SSSR count). The Kier molecular flexibility index (Phi) is 5.79. The summed E-state index contributed by atoms with van der Waals surface area (Å²) in [7, 11) is 1.60. The zero-order chi connectivity index (χ0) is 22.3. The molecular formula is C22H17Cl3N4O2. The van der Waals surface area contributed by atoms with Gasteiger partial charge in [-0.25, -0.2) is 4.98 Å². The Bertz CT molecular complexity index is 1330. The molecule has 6 nitrogen and oxygen atoms in total. The molecule has 0 bridgehead atoms. The van der Waals surface area contributed by atoms with Gasteiger partial charge in [0.25, 0.3) is 5.91 Å². The number of rotatable bonds is 4. The van der Waals surface area contributed by atoms with E-state index in [1.807, 2.05) is 38.1 Å². The van der Waals surface area contributed by atoms with Crippen molar-refractivity contribution in [1.29, 1.82) is 0 Å². The molecule has 9 heteroatoms. The van der Waals surface area contributed by atoms with Crippen molar-refractivity contribution in [2.45, 2.75) is 13.8 Å². The van der Waals surface area contributed by atoms with Crippen LogP contribution in [0.1, 0.15) is 21.6 Å². The molecule has 31 heavy (non-hydrogen) atoms. The van der Waals surface area contributed by atoms with Crippen LogP contribution in [0.15, 0.2) is 42.5 Å². The molecule has 158 valence electrons. The first-order valence-electron chi connectivity index (χ1n) is 9.26. The first kappa shape index (κ1) is 21.4. The SMILES string of the molecule is COc1cccc2c(C)cc(-n3nc(C)cc3NC(=O)c3c(Cl)ccc(Cl)c3Cl)nc12. The maximum absolute atomic E-state index is 13.0. The summed E-state index contributed by atoms with van der Waals surface area (Å²) in [6.45, 7) is 3.80. The molecule has 4 aromatic rings. The maximum Gasteiger partial charge on any atom is 0.259 e. The predicted molar refractivity (Wildman–Crippen MR) is 124 cm³/mol. The number of nitrogens with zero attached hydrogens (tertiary/aromatic N) is 3. The van der Waals surface area contributed by atoms with E-state index in [1.165, 1.54) is 12.1 Å². The summed E-state index contributed by atoms with van der Waals surface area (Å²) >= 11 is 18.5. The fraction of sp³-hybridized carbons (Fsp3) is 0.136. The van der Waals surface area contributed by atoms with Gasteiger partial charge in [0.05, 0.1) is 33.4 Å². The van der Waals surface area contributed by atoms with Crippen LogP contribution in [-0.4, -0.2) is 27.8 Å². The third-order valence-corrected chi connectivity index (χ3v) is 5.90. The number of benzene rings is 2. The van der Waals surface area contributed by atoms with Gasteiger partial charge in [-0.05, 0) is 43.7 Å². The largest absolute Gasteiger partial charge is 0.494 e. The third kappa shape index (κ3) is 3.94. The second-order valence-corrected chi connectivity index (χ2v) is 8.10. The number of aryl methyl sites for hydroxylation is 2. The molecule has 0 unspecified atom stereocenters. The van der Waals surface area contributed by atoms with Crippen LogP contribution in [0.4, 0.5) is 5.82 Å². The molecule has 0 saturated carbocycles. The first-order valence-corrected chi connectivity index (χ1v) is 10.4. The van der Waals surface area contributed by atoms with E-state index in [2.05, 4.69) is 10.4 Å². The van der Waals surface area contributed by atoms with Crippen LogP contribution in [0.3, 0.4) is 0 Å². The van der Waals surface area contributed by atoms with Gasteiger partial charge in [0.1, 0.15) is 17.1 Å². The van der Waals surface area contributed by atoms with Gasteiger partial charge >= 0.3 is 0 Å². The lowest BCUT2D eigenvalue weighted by Crippen LogP contribution is -2.16. The molecule has 0 aliphatic heterocycles. The van der Waals surface area contributed by atoms with Gasteiger partial charge in [-0.1, -0.05) is 46.9 Å². The lowest BCUT2D eigenvalue weighted by atomic mass is 10.1. The van der Waals surface area contributed by atoms with Crippen molar-refractivity contribution in [2.75, 3.05) is 12.4 Å². The molecule has 0 fully saturated rings. The molecule has 2 aromatic carbocycles. The van der Waals surface area contributed by atoms with Crippen LogP contribution in [0.2, 0.25) is 15.1 Å². The Morgan fingerprint density at radius 1 is 1.06 bits per heavy atom. The van der Waals surface area contributed by atoms with E-state index in [4.69, 9.17) is 44.5 Å². The topological polar surface area (TPSA) is 69.0 Å². The van der Waals surface area contributed by atoms with Crippen molar-refractivity contribution >= 4 is 57.4 Å². The van der Waals surface area contributed by atoms with Crippen molar-refractivity contribution in [3.8, 4) is 11.6 Å². The van der Waals surface area contributed by atoms with E-state index in [1.54, 1.807) is 17.9 Å². The molecule has 2 aromatic heterocycles. The number of hydrogen-bond donors (Lipinski definition) is 1. The fourth-order valence-corrected chi connectivity index (χ4v) is 4.02. The standard InChI is InChI=1S/C22H17Cl3N4O2/c1-11-9-17(26-21-13(11)5-4-6-16(21)31-3)29-18(10-12(2)28-29)27-22(30)19-14(23)7-8-15(24)20(19)25/h4-10H,1-3H3,(H,27,30). The monoisotopic (exact) mass is 474 g/mol. The number of carbonyl (C=O) groups excluding carboxylic acids is 1. The molecule has 2 heterocycles. The van der Waals surface area contributed by atoms with E-state index in [-0.39, 0.29) is 20.6 Å². The number of anilines is 1. The van der Waals surface area contributed by atoms with Crippen LogP contribution < -0.4 is 10.1 Å². The number of nitrogens with one attached hydrogen (secondary N) is 1. The van der Waals surface area contributed by atoms with Gasteiger partial charge in [0.2, 0.25) is 0 Å². The summed E-state index contributed by atoms with van der Waals surface area (Å²) in [6.07, 6.45) is 0. The Labute approximate surface area is 193 Å². The highest BCUT2D eigenvalue weighted by Gasteiger charge is 2.20. The van der Waals surface area contributed by atoms with Crippen LogP contribution in [0.25, 0.3) is 16.7 Å². The van der Waals surface area contributed by atoms with Gasteiger partial charge in [-0.2, -0.15) is 9.78 Å². The number of hydrogen-bond acceptors (Lipinski definition) is 4. The number of methoxy groups -OCH3 is 1. The Morgan fingerprint density at radius 2 is 1.81 bits per heavy atom. The number of halogens is 3. The minimum atomic E-state index is -0.506. The van der Waals surface area contributed by atoms with Crippen molar-refractivity contribution in [3.63, 3.8) is 0 Å². The number of carbonyl (C=O) groups is 1. The average molecular weight is 476 g/mol. The summed E-state index contributed by atoms with van der Waals surface area (Å²) in [5, 5.41) is 8.79. The molecule has 0 radical (unpaired) electrons. The molecule has 0 spiro atoms. The second kappa shape index (κ2) is 8.38. The molecule has 0 saturated heterocycles. The molecular weight excluding hydrogens is 459 g/mol. The van der Waals surface area contributed by atoms with E-state index in [0.29, 0.717) is 28.6 Å². The number of pyridine rings is 1. The van der Waals surface area contributed by atoms with Gasteiger partial charge in [-0.15, -0.1) is 0 Å².